The Morgan fingerprint density at radius 1 is 0.967 bits per heavy atom. The van der Waals surface area contributed by atoms with E-state index in [0.717, 1.165) is 16.8 Å². The number of benzene rings is 2. The van der Waals surface area contributed by atoms with Gasteiger partial charge < -0.3 is 21.3 Å². The Hall–Kier alpha value is -3.35. The van der Waals surface area contributed by atoms with Crippen LogP contribution in [0.1, 0.15) is 44.4 Å². The molecule has 1 aliphatic heterocycles. The molecule has 1 aliphatic rings. The van der Waals surface area contributed by atoms with Gasteiger partial charge in [0.05, 0.1) is 6.04 Å². The maximum absolute atomic E-state index is 12.9. The van der Waals surface area contributed by atoms with Crippen molar-refractivity contribution in [2.45, 2.75) is 45.7 Å². The summed E-state index contributed by atoms with van der Waals surface area (Å²) >= 11 is 0. The molecule has 0 aliphatic carbocycles. The van der Waals surface area contributed by atoms with Crippen LogP contribution in [0.3, 0.4) is 0 Å². The summed E-state index contributed by atoms with van der Waals surface area (Å²) in [7, 11) is 0. The van der Waals surface area contributed by atoms with Crippen LogP contribution in [0.2, 0.25) is 0 Å². The lowest BCUT2D eigenvalue weighted by Crippen LogP contribution is -2.51. The summed E-state index contributed by atoms with van der Waals surface area (Å²) in [5.74, 6) is -0.305. The number of rotatable bonds is 6. The smallest absolute Gasteiger partial charge is 0.319 e. The molecule has 4 N–H and O–H groups in total. The number of amides is 4. The second kappa shape index (κ2) is 9.43. The number of urea groups is 1. The summed E-state index contributed by atoms with van der Waals surface area (Å²) < 4.78 is 0. The summed E-state index contributed by atoms with van der Waals surface area (Å²) in [4.78, 5) is 36.7. The van der Waals surface area contributed by atoms with Crippen molar-refractivity contribution in [3.63, 3.8) is 0 Å². The minimum Gasteiger partial charge on any atom is -0.348 e. The molecule has 2 aromatic rings. The number of carbonyl (C=O) groups is 3. The van der Waals surface area contributed by atoms with Crippen molar-refractivity contribution >= 4 is 29.2 Å². The van der Waals surface area contributed by atoms with Gasteiger partial charge in [-0.25, -0.2) is 4.79 Å². The zero-order valence-electron chi connectivity index (χ0n) is 17.5. The van der Waals surface area contributed by atoms with Crippen LogP contribution >= 0.6 is 0 Å². The molecule has 1 heterocycles. The highest BCUT2D eigenvalue weighted by molar-refractivity contribution is 5.94. The van der Waals surface area contributed by atoms with Crippen molar-refractivity contribution in [2.24, 2.45) is 5.92 Å². The first-order valence-electron chi connectivity index (χ1n) is 10.2. The van der Waals surface area contributed by atoms with Gasteiger partial charge in [-0.3, -0.25) is 9.59 Å². The molecule has 0 saturated heterocycles. The third kappa shape index (κ3) is 5.37. The lowest BCUT2D eigenvalue weighted by Gasteiger charge is -2.25. The van der Waals surface area contributed by atoms with Crippen molar-refractivity contribution in [3.05, 3.63) is 59.7 Å². The zero-order chi connectivity index (χ0) is 21.7. The Morgan fingerprint density at radius 3 is 2.40 bits per heavy atom. The van der Waals surface area contributed by atoms with Crippen LogP contribution in [-0.2, 0) is 16.0 Å². The van der Waals surface area contributed by atoms with Crippen molar-refractivity contribution in [1.29, 1.82) is 0 Å². The van der Waals surface area contributed by atoms with Crippen LogP contribution in [0.25, 0.3) is 0 Å². The molecule has 2 aromatic carbocycles. The highest BCUT2D eigenvalue weighted by Crippen LogP contribution is 2.26. The molecule has 0 bridgehead atoms. The van der Waals surface area contributed by atoms with E-state index >= 15 is 0 Å². The van der Waals surface area contributed by atoms with Gasteiger partial charge >= 0.3 is 6.03 Å². The highest BCUT2D eigenvalue weighted by atomic mass is 16.2. The lowest BCUT2D eigenvalue weighted by atomic mass is 9.97. The molecule has 7 nitrogen and oxygen atoms in total. The fourth-order valence-corrected chi connectivity index (χ4v) is 3.42. The highest BCUT2D eigenvalue weighted by Gasteiger charge is 2.26. The summed E-state index contributed by atoms with van der Waals surface area (Å²) in [5.41, 5.74) is 3.50. The molecule has 7 heteroatoms. The molecule has 0 spiro atoms. The van der Waals surface area contributed by atoms with Crippen LogP contribution in [0.15, 0.2) is 48.5 Å². The molecule has 0 radical (unpaired) electrons. The predicted octanol–water partition coefficient (Wildman–Crippen LogP) is 3.59. The average molecular weight is 409 g/mol. The third-order valence-electron chi connectivity index (χ3n) is 5.15. The summed E-state index contributed by atoms with van der Waals surface area (Å²) in [6, 6.07) is 13.5. The van der Waals surface area contributed by atoms with E-state index in [9.17, 15) is 14.4 Å². The van der Waals surface area contributed by atoms with Gasteiger partial charge in [0.2, 0.25) is 11.8 Å². The Morgan fingerprint density at radius 2 is 1.70 bits per heavy atom. The van der Waals surface area contributed by atoms with Gasteiger partial charge in [-0.2, -0.15) is 0 Å². The van der Waals surface area contributed by atoms with Gasteiger partial charge in [0, 0.05) is 17.8 Å². The van der Waals surface area contributed by atoms with E-state index in [1.807, 2.05) is 57.2 Å². The van der Waals surface area contributed by atoms with E-state index in [1.54, 1.807) is 12.1 Å². The number of hydrogen-bond donors (Lipinski definition) is 4. The first-order chi connectivity index (χ1) is 14.3. The van der Waals surface area contributed by atoms with Crippen LogP contribution < -0.4 is 21.3 Å². The molecule has 0 saturated carbocycles. The van der Waals surface area contributed by atoms with E-state index in [0.29, 0.717) is 18.5 Å². The number of para-hydroxylation sites is 1. The minimum atomic E-state index is -0.673. The Kier molecular flexibility index (Phi) is 6.72. The topological polar surface area (TPSA) is 99.3 Å². The first kappa shape index (κ1) is 21.4. The number of hydrogen-bond acceptors (Lipinski definition) is 3. The predicted molar refractivity (Wildman–Crippen MR) is 117 cm³/mol. The monoisotopic (exact) mass is 408 g/mol. The van der Waals surface area contributed by atoms with Crippen molar-refractivity contribution in [1.82, 2.24) is 10.6 Å². The third-order valence-corrected chi connectivity index (χ3v) is 5.15. The van der Waals surface area contributed by atoms with Gasteiger partial charge in [-0.15, -0.1) is 0 Å². The molecule has 3 rings (SSSR count). The van der Waals surface area contributed by atoms with E-state index in [1.165, 1.54) is 0 Å². The van der Waals surface area contributed by atoms with Crippen LogP contribution in [0.5, 0.6) is 0 Å². The maximum atomic E-state index is 12.9. The number of nitrogens with one attached hydrogen (secondary N) is 4. The van der Waals surface area contributed by atoms with Crippen molar-refractivity contribution in [2.75, 3.05) is 10.6 Å². The zero-order valence-corrected chi connectivity index (χ0v) is 17.5. The molecular formula is C23H28N4O3. The Balaban J connectivity index is 1.63. The fourth-order valence-electron chi connectivity index (χ4n) is 3.42. The van der Waals surface area contributed by atoms with Crippen molar-refractivity contribution in [3.8, 4) is 0 Å². The number of anilines is 2. The molecule has 2 atom stereocenters. The Bertz CT molecular complexity index is 927. The van der Waals surface area contributed by atoms with Gasteiger partial charge in [0.25, 0.3) is 0 Å². The number of aryl methyl sites for hydroxylation is 1. The van der Waals surface area contributed by atoms with E-state index in [-0.39, 0.29) is 23.8 Å². The molecular weight excluding hydrogens is 380 g/mol. The van der Waals surface area contributed by atoms with Crippen LogP contribution in [-0.4, -0.2) is 23.9 Å². The summed E-state index contributed by atoms with van der Waals surface area (Å²) in [6.07, 6.45) is 1.15. The fraction of sp³-hybridized carbons (Fsp3) is 0.348. The normalized spacial score (nSPS) is 14.9. The first-order valence-corrected chi connectivity index (χ1v) is 10.2. The van der Waals surface area contributed by atoms with Gasteiger partial charge in [-0.05, 0) is 48.6 Å². The van der Waals surface area contributed by atoms with E-state index in [4.69, 9.17) is 0 Å². The van der Waals surface area contributed by atoms with Crippen molar-refractivity contribution < 1.29 is 14.4 Å². The number of carbonyl (C=O) groups excluding carboxylic acids is 3. The molecule has 4 amide bonds. The largest absolute Gasteiger partial charge is 0.348 e. The van der Waals surface area contributed by atoms with E-state index in [2.05, 4.69) is 21.3 Å². The van der Waals surface area contributed by atoms with Crippen LogP contribution in [0.4, 0.5) is 16.2 Å². The number of fused-ring (bicyclic) bond motifs is 1. The molecule has 0 aromatic heterocycles. The van der Waals surface area contributed by atoms with Gasteiger partial charge in [-0.1, -0.05) is 44.2 Å². The second-order valence-corrected chi connectivity index (χ2v) is 7.88. The maximum Gasteiger partial charge on any atom is 0.319 e. The second-order valence-electron chi connectivity index (χ2n) is 7.88. The SMILES string of the molecule is CC(NC(=O)C(NC(=O)Nc1ccccc1)C(C)C)c1ccc2c(c1)CCC(=O)N2. The molecule has 2 unspecified atom stereocenters. The van der Waals surface area contributed by atoms with E-state index < -0.39 is 12.1 Å². The molecule has 0 fully saturated rings. The molecule has 158 valence electrons. The van der Waals surface area contributed by atoms with Gasteiger partial charge in [0.1, 0.15) is 6.04 Å². The van der Waals surface area contributed by atoms with Gasteiger partial charge in [0.15, 0.2) is 0 Å². The minimum absolute atomic E-state index is 0.0243. The average Bonchev–Trinajstić information content (AvgIpc) is 2.72. The molecule has 30 heavy (non-hydrogen) atoms. The summed E-state index contributed by atoms with van der Waals surface area (Å²) in [5, 5.41) is 11.4. The lowest BCUT2D eigenvalue weighted by molar-refractivity contribution is -0.124. The Labute approximate surface area is 176 Å². The van der Waals surface area contributed by atoms with Crippen LogP contribution in [0, 0.1) is 5.92 Å². The summed E-state index contributed by atoms with van der Waals surface area (Å²) in [6.45, 7) is 5.68. The quantitative estimate of drug-likeness (QED) is 0.588. The standard InChI is InChI=1S/C23H28N4O3/c1-14(2)21(27-23(30)25-18-7-5-4-6-8-18)22(29)24-15(3)16-9-11-19-17(13-16)10-12-20(28)26-19/h4-9,11,13-15,21H,10,12H2,1-3H3,(H,24,29)(H,26,28)(H2,25,27,30).